The Bertz CT molecular complexity index is 1470. The molecule has 2 amide bonds. The fourth-order valence-corrected chi connectivity index (χ4v) is 6.00. The standard InChI is InChI=1S/C32H40ClN3O5S/c1-7-27(31(38)34-32(4,5)6)35(21-24-15-13-23(3)14-16-24)30(37)22-36(28-11-9-10-12-29(28)41-8-2)42(39,40)26-19-17-25(33)18-20-26/h9-20,27H,7-8,21-22H2,1-6H3,(H,34,38)/t27-/m1/s1. The highest BCUT2D eigenvalue weighted by atomic mass is 35.5. The van der Waals surface area contributed by atoms with Gasteiger partial charge in [0.05, 0.1) is 17.2 Å². The number of hydrogen-bond donors (Lipinski definition) is 1. The molecular weight excluding hydrogens is 574 g/mol. The molecule has 226 valence electrons. The zero-order chi connectivity index (χ0) is 31.1. The van der Waals surface area contributed by atoms with E-state index in [1.165, 1.54) is 29.2 Å². The van der Waals surface area contributed by atoms with Crippen molar-refractivity contribution in [2.75, 3.05) is 17.5 Å². The van der Waals surface area contributed by atoms with E-state index in [9.17, 15) is 18.0 Å². The summed E-state index contributed by atoms with van der Waals surface area (Å²) >= 11 is 6.04. The molecule has 10 heteroatoms. The molecule has 0 unspecified atom stereocenters. The third-order valence-corrected chi connectivity index (χ3v) is 8.50. The number of halogens is 1. The Balaban J connectivity index is 2.12. The summed E-state index contributed by atoms with van der Waals surface area (Å²) in [5.74, 6) is -0.532. The fraction of sp³-hybridized carbons (Fsp3) is 0.375. The van der Waals surface area contributed by atoms with E-state index >= 15 is 0 Å². The second-order valence-corrected chi connectivity index (χ2v) is 13.3. The summed E-state index contributed by atoms with van der Waals surface area (Å²) in [4.78, 5) is 29.1. The van der Waals surface area contributed by atoms with Gasteiger partial charge in [0, 0.05) is 17.1 Å². The highest BCUT2D eigenvalue weighted by Gasteiger charge is 2.35. The fourth-order valence-electron chi connectivity index (χ4n) is 4.45. The third kappa shape index (κ3) is 8.49. The van der Waals surface area contributed by atoms with Crippen LogP contribution in [0.4, 0.5) is 5.69 Å². The molecule has 3 aromatic carbocycles. The minimum Gasteiger partial charge on any atom is -0.492 e. The maximum absolute atomic E-state index is 14.2. The van der Waals surface area contributed by atoms with Crippen LogP contribution in [0.15, 0.2) is 77.7 Å². The van der Waals surface area contributed by atoms with Gasteiger partial charge in [-0.05, 0) is 83.0 Å². The van der Waals surface area contributed by atoms with Crippen LogP contribution in [0.25, 0.3) is 0 Å². The summed E-state index contributed by atoms with van der Waals surface area (Å²) < 4.78 is 35.0. The van der Waals surface area contributed by atoms with Crippen molar-refractivity contribution in [2.45, 2.75) is 71.0 Å². The first-order chi connectivity index (χ1) is 19.8. The first-order valence-corrected chi connectivity index (χ1v) is 15.8. The maximum Gasteiger partial charge on any atom is 0.264 e. The molecule has 8 nitrogen and oxygen atoms in total. The molecule has 3 rings (SSSR count). The minimum atomic E-state index is -4.25. The van der Waals surface area contributed by atoms with E-state index in [2.05, 4.69) is 5.32 Å². The van der Waals surface area contributed by atoms with Gasteiger partial charge in [0.15, 0.2) is 0 Å². The predicted molar refractivity (Wildman–Crippen MR) is 167 cm³/mol. The molecule has 0 bridgehead atoms. The van der Waals surface area contributed by atoms with E-state index in [1.807, 2.05) is 58.9 Å². The second kappa shape index (κ2) is 14.1. The Morgan fingerprint density at radius 3 is 2.14 bits per heavy atom. The molecule has 0 saturated heterocycles. The summed E-state index contributed by atoms with van der Waals surface area (Å²) in [6.07, 6.45) is 0.332. The van der Waals surface area contributed by atoms with Crippen molar-refractivity contribution in [3.63, 3.8) is 0 Å². The average molecular weight is 614 g/mol. The van der Waals surface area contributed by atoms with E-state index in [-0.39, 0.29) is 23.0 Å². The molecule has 0 fully saturated rings. The summed E-state index contributed by atoms with van der Waals surface area (Å²) in [5, 5.41) is 3.36. The van der Waals surface area contributed by atoms with Gasteiger partial charge in [0.2, 0.25) is 11.8 Å². The molecule has 1 N–H and O–H groups in total. The van der Waals surface area contributed by atoms with Crippen molar-refractivity contribution in [3.8, 4) is 5.75 Å². The summed E-state index contributed by atoms with van der Waals surface area (Å²) in [7, 11) is -4.25. The van der Waals surface area contributed by atoms with Gasteiger partial charge in [0.25, 0.3) is 10.0 Å². The van der Waals surface area contributed by atoms with E-state index in [0.717, 1.165) is 15.4 Å². The van der Waals surface area contributed by atoms with Crippen LogP contribution in [0.1, 0.15) is 52.2 Å². The maximum atomic E-state index is 14.2. The first-order valence-electron chi connectivity index (χ1n) is 13.9. The van der Waals surface area contributed by atoms with Gasteiger partial charge >= 0.3 is 0 Å². The Hall–Kier alpha value is -3.56. The largest absolute Gasteiger partial charge is 0.492 e. The van der Waals surface area contributed by atoms with Crippen LogP contribution < -0.4 is 14.4 Å². The van der Waals surface area contributed by atoms with Crippen LogP contribution >= 0.6 is 11.6 Å². The number of ether oxygens (including phenoxy) is 1. The van der Waals surface area contributed by atoms with Crippen LogP contribution in [0.2, 0.25) is 5.02 Å². The van der Waals surface area contributed by atoms with Crippen molar-refractivity contribution in [1.82, 2.24) is 10.2 Å². The number of nitrogens with zero attached hydrogens (tertiary/aromatic N) is 2. The zero-order valence-electron chi connectivity index (χ0n) is 25.1. The summed E-state index contributed by atoms with van der Waals surface area (Å²) in [5.41, 5.74) is 1.56. The number of sulfonamides is 1. The van der Waals surface area contributed by atoms with Gasteiger partial charge in [-0.1, -0.05) is 60.5 Å². The normalized spacial score (nSPS) is 12.4. The molecule has 0 spiro atoms. The number of carbonyl (C=O) groups is 2. The number of amides is 2. The summed E-state index contributed by atoms with van der Waals surface area (Å²) in [6, 6.07) is 19.3. The van der Waals surface area contributed by atoms with Crippen LogP contribution in [-0.4, -0.2) is 49.9 Å². The van der Waals surface area contributed by atoms with Crippen LogP contribution in [0, 0.1) is 6.92 Å². The number of rotatable bonds is 12. The number of nitrogens with one attached hydrogen (secondary N) is 1. The van der Waals surface area contributed by atoms with Crippen molar-refractivity contribution in [1.29, 1.82) is 0 Å². The lowest BCUT2D eigenvalue weighted by molar-refractivity contribution is -0.141. The van der Waals surface area contributed by atoms with Crippen molar-refractivity contribution < 1.29 is 22.7 Å². The topological polar surface area (TPSA) is 96.0 Å². The Morgan fingerprint density at radius 2 is 1.57 bits per heavy atom. The van der Waals surface area contributed by atoms with Gasteiger partial charge in [-0.3, -0.25) is 13.9 Å². The number of para-hydroxylation sites is 2. The van der Waals surface area contributed by atoms with Gasteiger partial charge in [-0.2, -0.15) is 0 Å². The van der Waals surface area contributed by atoms with Gasteiger partial charge in [-0.15, -0.1) is 0 Å². The van der Waals surface area contributed by atoms with Gasteiger partial charge < -0.3 is 15.0 Å². The van der Waals surface area contributed by atoms with E-state index in [1.54, 1.807) is 31.2 Å². The molecule has 42 heavy (non-hydrogen) atoms. The van der Waals surface area contributed by atoms with Crippen LogP contribution in [-0.2, 0) is 26.2 Å². The second-order valence-electron chi connectivity index (χ2n) is 11.0. The number of aryl methyl sites for hydroxylation is 1. The predicted octanol–water partition coefficient (Wildman–Crippen LogP) is 5.96. The number of anilines is 1. The molecule has 0 aromatic heterocycles. The van der Waals surface area contributed by atoms with Gasteiger partial charge in [0.1, 0.15) is 18.3 Å². The Labute approximate surface area is 254 Å². The smallest absolute Gasteiger partial charge is 0.264 e. The zero-order valence-corrected chi connectivity index (χ0v) is 26.6. The van der Waals surface area contributed by atoms with E-state index in [4.69, 9.17) is 16.3 Å². The minimum absolute atomic E-state index is 0.0337. The Morgan fingerprint density at radius 1 is 0.952 bits per heavy atom. The van der Waals surface area contributed by atoms with E-state index in [0.29, 0.717) is 23.8 Å². The lowest BCUT2D eigenvalue weighted by Gasteiger charge is -2.35. The monoisotopic (exact) mass is 613 g/mol. The molecule has 0 aliphatic rings. The van der Waals surface area contributed by atoms with Crippen LogP contribution in [0.3, 0.4) is 0 Å². The molecule has 1 atom stereocenters. The van der Waals surface area contributed by atoms with Crippen molar-refractivity contribution in [2.24, 2.45) is 0 Å². The molecule has 0 heterocycles. The molecule has 0 aliphatic heterocycles. The lowest BCUT2D eigenvalue weighted by Crippen LogP contribution is -2.55. The highest BCUT2D eigenvalue weighted by molar-refractivity contribution is 7.92. The molecule has 3 aromatic rings. The number of benzene rings is 3. The number of hydrogen-bond acceptors (Lipinski definition) is 5. The summed E-state index contributed by atoms with van der Waals surface area (Å²) in [6.45, 7) is 11.1. The Kier molecular flexibility index (Phi) is 11.0. The van der Waals surface area contributed by atoms with Gasteiger partial charge in [-0.25, -0.2) is 8.42 Å². The van der Waals surface area contributed by atoms with Crippen LogP contribution in [0.5, 0.6) is 5.75 Å². The van der Waals surface area contributed by atoms with Crippen molar-refractivity contribution >= 4 is 39.1 Å². The first kappa shape index (κ1) is 32.9. The average Bonchev–Trinajstić information content (AvgIpc) is 2.92. The molecule has 0 radical (unpaired) electrons. The third-order valence-electron chi connectivity index (χ3n) is 6.47. The molecular formula is C32H40ClN3O5S. The number of carbonyl (C=O) groups excluding carboxylic acids is 2. The SMILES string of the molecule is CCOc1ccccc1N(CC(=O)N(Cc1ccc(C)cc1)[C@H](CC)C(=O)NC(C)(C)C)S(=O)(=O)c1ccc(Cl)cc1. The van der Waals surface area contributed by atoms with E-state index < -0.39 is 34.1 Å². The van der Waals surface area contributed by atoms with Crippen molar-refractivity contribution in [3.05, 3.63) is 88.9 Å². The molecule has 0 saturated carbocycles. The lowest BCUT2D eigenvalue weighted by atomic mass is 10.1. The highest BCUT2D eigenvalue weighted by Crippen LogP contribution is 2.33. The quantitative estimate of drug-likeness (QED) is 0.272. The molecule has 0 aliphatic carbocycles.